The van der Waals surface area contributed by atoms with Crippen LogP contribution in [0.25, 0.3) is 0 Å². The van der Waals surface area contributed by atoms with Crippen molar-refractivity contribution in [3.8, 4) is 0 Å². The molecule has 0 radical (unpaired) electrons. The predicted molar refractivity (Wildman–Crippen MR) is 93.4 cm³/mol. The van der Waals surface area contributed by atoms with Gasteiger partial charge in [-0.3, -0.25) is 19.6 Å². The van der Waals surface area contributed by atoms with Gasteiger partial charge >= 0.3 is 16.4 Å². The van der Waals surface area contributed by atoms with Crippen LogP contribution in [0.3, 0.4) is 0 Å². The summed E-state index contributed by atoms with van der Waals surface area (Å²) in [5.41, 5.74) is 9.27. The lowest BCUT2D eigenvalue weighted by atomic mass is 10.1. The smallest absolute Gasteiger partial charge is 0.370 e. The maximum absolute atomic E-state index is 12.5. The van der Waals surface area contributed by atoms with Crippen LogP contribution in [0, 0.1) is 5.41 Å². The van der Waals surface area contributed by atoms with E-state index in [9.17, 15) is 18.0 Å². The summed E-state index contributed by atoms with van der Waals surface area (Å²) < 4.78 is 33.5. The van der Waals surface area contributed by atoms with Crippen LogP contribution in [0.15, 0.2) is 0 Å². The Kier molecular flexibility index (Phi) is 8.68. The van der Waals surface area contributed by atoms with Gasteiger partial charge in [-0.05, 0) is 19.8 Å². The highest BCUT2D eigenvalue weighted by molar-refractivity contribution is 7.80. The van der Waals surface area contributed by atoms with Gasteiger partial charge in [0.15, 0.2) is 5.96 Å². The summed E-state index contributed by atoms with van der Waals surface area (Å²) in [7, 11) is -4.87. The molecule has 27 heavy (non-hydrogen) atoms. The first-order chi connectivity index (χ1) is 12.6. The molecule has 1 rings (SSSR count). The van der Waals surface area contributed by atoms with E-state index in [-0.39, 0.29) is 25.0 Å². The fraction of sp³-hybridized carbons (Fsp3) is 0.769. The molecule has 1 unspecified atom stereocenters. The number of amides is 3. The van der Waals surface area contributed by atoms with Crippen LogP contribution < -0.4 is 16.7 Å². The Morgan fingerprint density at radius 3 is 2.56 bits per heavy atom. The molecule has 1 saturated heterocycles. The number of carbonyl (C=O) groups is 2. The van der Waals surface area contributed by atoms with Gasteiger partial charge in [-0.15, -0.1) is 4.28 Å². The first-order valence-electron chi connectivity index (χ1n) is 8.36. The molecular weight excluding hydrogens is 384 g/mol. The van der Waals surface area contributed by atoms with Crippen molar-refractivity contribution in [3.63, 3.8) is 0 Å². The number of hydrogen-bond donors (Lipinski definition) is 5. The zero-order valence-corrected chi connectivity index (χ0v) is 16.0. The minimum atomic E-state index is -4.87. The molecule has 0 aromatic rings. The van der Waals surface area contributed by atoms with Crippen molar-refractivity contribution in [2.24, 2.45) is 5.73 Å². The van der Waals surface area contributed by atoms with Crippen LogP contribution >= 0.6 is 0 Å². The van der Waals surface area contributed by atoms with Gasteiger partial charge in [0.1, 0.15) is 12.1 Å². The van der Waals surface area contributed by atoms with Gasteiger partial charge in [-0.25, -0.2) is 10.3 Å². The third kappa shape index (κ3) is 7.54. The van der Waals surface area contributed by atoms with Crippen molar-refractivity contribution < 1.29 is 31.7 Å². The van der Waals surface area contributed by atoms with Crippen molar-refractivity contribution in [2.75, 3.05) is 19.6 Å². The number of carbonyl (C=O) groups excluding carboxylic acids is 2. The molecule has 2 atom stereocenters. The third-order valence-corrected chi connectivity index (χ3v) is 4.18. The lowest BCUT2D eigenvalue weighted by Crippen LogP contribution is -2.53. The number of likely N-dealkylation sites (N-methyl/N-ethyl adjacent to an activating group) is 1. The summed E-state index contributed by atoms with van der Waals surface area (Å²) >= 11 is 0. The second-order valence-corrected chi connectivity index (χ2v) is 6.86. The van der Waals surface area contributed by atoms with Gasteiger partial charge in [0.05, 0.1) is 0 Å². The SMILES string of the molecule is CCC[C@@H](C(=O)NOC1CCN(C(=N)N)C1)N(CC)C(=O)NOS(=O)(=O)O. The molecule has 0 aromatic heterocycles. The molecule has 0 aliphatic carbocycles. The average Bonchev–Trinajstić information content (AvgIpc) is 3.06. The molecule has 14 heteroatoms. The molecule has 1 aliphatic heterocycles. The summed E-state index contributed by atoms with van der Waals surface area (Å²) in [6.45, 7) is 4.36. The quantitative estimate of drug-likeness (QED) is 0.136. The van der Waals surface area contributed by atoms with E-state index >= 15 is 0 Å². The van der Waals surface area contributed by atoms with Crippen molar-refractivity contribution in [1.29, 1.82) is 5.41 Å². The molecule has 6 N–H and O–H groups in total. The second kappa shape index (κ2) is 10.2. The Balaban J connectivity index is 2.66. The number of nitrogens with zero attached hydrogens (tertiary/aromatic N) is 2. The number of hydroxylamine groups is 2. The molecule has 156 valence electrons. The number of rotatable bonds is 9. The van der Waals surface area contributed by atoms with Gasteiger partial charge < -0.3 is 15.5 Å². The third-order valence-electron chi connectivity index (χ3n) is 3.89. The lowest BCUT2D eigenvalue weighted by molar-refractivity contribution is -0.142. The van der Waals surface area contributed by atoms with E-state index in [0.29, 0.717) is 25.9 Å². The van der Waals surface area contributed by atoms with Crippen LogP contribution in [0.4, 0.5) is 4.79 Å². The molecular formula is C13H26N6O7S. The number of likely N-dealkylation sites (tertiary alicyclic amines) is 1. The van der Waals surface area contributed by atoms with Crippen molar-refractivity contribution in [3.05, 3.63) is 0 Å². The van der Waals surface area contributed by atoms with E-state index in [1.165, 1.54) is 0 Å². The van der Waals surface area contributed by atoms with E-state index in [1.807, 2.05) is 6.92 Å². The Bertz CT molecular complexity index is 643. The fourth-order valence-electron chi connectivity index (χ4n) is 2.61. The highest BCUT2D eigenvalue weighted by Gasteiger charge is 2.31. The van der Waals surface area contributed by atoms with E-state index < -0.39 is 28.4 Å². The summed E-state index contributed by atoms with van der Waals surface area (Å²) in [4.78, 5) is 32.5. The number of guanidine groups is 1. The van der Waals surface area contributed by atoms with Gasteiger partial charge in [0, 0.05) is 19.6 Å². The van der Waals surface area contributed by atoms with E-state index in [4.69, 9.17) is 20.5 Å². The molecule has 1 fully saturated rings. The van der Waals surface area contributed by atoms with Crippen molar-refractivity contribution >= 4 is 28.3 Å². The van der Waals surface area contributed by atoms with Crippen molar-refractivity contribution in [1.82, 2.24) is 20.8 Å². The van der Waals surface area contributed by atoms with Gasteiger partial charge in [-0.2, -0.15) is 13.9 Å². The molecule has 0 spiro atoms. The highest BCUT2D eigenvalue weighted by Crippen LogP contribution is 2.12. The number of nitrogens with two attached hydrogens (primary N) is 1. The van der Waals surface area contributed by atoms with Crippen LogP contribution in [0.1, 0.15) is 33.1 Å². The molecule has 0 saturated carbocycles. The maximum atomic E-state index is 12.5. The highest BCUT2D eigenvalue weighted by atomic mass is 32.3. The average molecular weight is 410 g/mol. The predicted octanol–water partition coefficient (Wildman–Crippen LogP) is -1.06. The molecule has 3 amide bonds. The molecule has 1 heterocycles. The summed E-state index contributed by atoms with van der Waals surface area (Å²) in [5.74, 6) is -0.675. The van der Waals surface area contributed by atoms with Crippen LogP contribution in [-0.2, 0) is 24.3 Å². The Labute approximate surface area is 157 Å². The Hall–Kier alpha value is -2.16. The standard InChI is InChI=1S/C13H26N6O7S/c1-3-5-10(19(4-2)13(21)17-26-27(22,23)24)11(20)16-25-9-6-7-18(8-9)12(14)15/h9-10H,3-8H2,1-2H3,(H3,14,15)(H,16,20)(H,17,21)(H,22,23,24)/t9?,10-/m0/s1. The van der Waals surface area contributed by atoms with E-state index in [0.717, 1.165) is 4.90 Å². The summed E-state index contributed by atoms with van der Waals surface area (Å²) in [5, 5.41) is 7.37. The van der Waals surface area contributed by atoms with Crippen molar-refractivity contribution in [2.45, 2.75) is 45.3 Å². The molecule has 0 aromatic carbocycles. The van der Waals surface area contributed by atoms with Crippen LogP contribution in [0.5, 0.6) is 0 Å². The normalized spacial score (nSPS) is 18.0. The summed E-state index contributed by atoms with van der Waals surface area (Å²) in [6.07, 6.45) is 1.06. The molecule has 1 aliphatic rings. The monoisotopic (exact) mass is 410 g/mol. The summed E-state index contributed by atoms with van der Waals surface area (Å²) in [6, 6.07) is -1.96. The zero-order valence-electron chi connectivity index (χ0n) is 15.2. The van der Waals surface area contributed by atoms with Crippen LogP contribution in [-0.4, -0.2) is 72.4 Å². The topological polar surface area (TPSA) is 187 Å². The minimum absolute atomic E-state index is 0.0697. The Morgan fingerprint density at radius 2 is 2.07 bits per heavy atom. The fourth-order valence-corrected chi connectivity index (χ4v) is 2.78. The van der Waals surface area contributed by atoms with E-state index in [1.54, 1.807) is 17.3 Å². The zero-order chi connectivity index (χ0) is 20.6. The molecule has 0 bridgehead atoms. The number of nitrogens with one attached hydrogen (secondary N) is 3. The van der Waals surface area contributed by atoms with Gasteiger partial charge in [0.2, 0.25) is 0 Å². The second-order valence-electron chi connectivity index (χ2n) is 5.83. The largest absolute Gasteiger partial charge is 0.418 e. The lowest BCUT2D eigenvalue weighted by Gasteiger charge is -2.29. The first-order valence-corrected chi connectivity index (χ1v) is 9.72. The number of hydrogen-bond acceptors (Lipinski definition) is 7. The van der Waals surface area contributed by atoms with Crippen LogP contribution in [0.2, 0.25) is 0 Å². The van der Waals surface area contributed by atoms with Gasteiger partial charge in [-0.1, -0.05) is 13.3 Å². The van der Waals surface area contributed by atoms with E-state index in [2.05, 4.69) is 9.76 Å². The molecule has 13 nitrogen and oxygen atoms in total. The minimum Gasteiger partial charge on any atom is -0.370 e. The van der Waals surface area contributed by atoms with Gasteiger partial charge in [0.25, 0.3) is 5.91 Å². The Morgan fingerprint density at radius 1 is 1.41 bits per heavy atom. The first kappa shape index (κ1) is 22.9. The maximum Gasteiger partial charge on any atom is 0.418 e. The number of urea groups is 1.